The molecule has 2 aromatic carbocycles. The molecule has 0 radical (unpaired) electrons. The average molecular weight is 453 g/mol. The van der Waals surface area contributed by atoms with E-state index in [1.165, 1.54) is 14.0 Å². The molecule has 33 heavy (non-hydrogen) atoms. The highest BCUT2D eigenvalue weighted by Crippen LogP contribution is 2.44. The molecule has 2 aromatic rings. The van der Waals surface area contributed by atoms with Gasteiger partial charge in [0.05, 0.1) is 0 Å². The van der Waals surface area contributed by atoms with Crippen LogP contribution < -0.4 is 5.32 Å². The van der Waals surface area contributed by atoms with E-state index in [2.05, 4.69) is 17.4 Å². The van der Waals surface area contributed by atoms with Crippen molar-refractivity contribution in [2.75, 3.05) is 13.7 Å². The van der Waals surface area contributed by atoms with Gasteiger partial charge in [0.2, 0.25) is 5.91 Å². The fraction of sp³-hybridized carbons (Fsp3) is 0.423. The summed E-state index contributed by atoms with van der Waals surface area (Å²) in [5.41, 5.74) is 4.19. The second-order valence-corrected chi connectivity index (χ2v) is 9.75. The van der Waals surface area contributed by atoms with Gasteiger partial charge in [-0.15, -0.1) is 0 Å². The highest BCUT2D eigenvalue weighted by molar-refractivity contribution is 5.89. The fourth-order valence-electron chi connectivity index (χ4n) is 4.20. The topological polar surface area (TPSA) is 95.9 Å². The lowest BCUT2D eigenvalue weighted by Crippen LogP contribution is -2.52. The van der Waals surface area contributed by atoms with Crippen LogP contribution in [-0.2, 0) is 14.3 Å². The summed E-state index contributed by atoms with van der Waals surface area (Å²) in [5.74, 6) is -1.66. The van der Waals surface area contributed by atoms with Gasteiger partial charge >= 0.3 is 12.1 Å². The van der Waals surface area contributed by atoms with Gasteiger partial charge in [0, 0.05) is 13.0 Å². The van der Waals surface area contributed by atoms with Crippen molar-refractivity contribution in [1.82, 2.24) is 10.2 Å². The van der Waals surface area contributed by atoms with Crippen LogP contribution in [0.1, 0.15) is 51.2 Å². The van der Waals surface area contributed by atoms with E-state index in [0.29, 0.717) is 6.42 Å². The van der Waals surface area contributed by atoms with E-state index in [4.69, 9.17) is 4.74 Å². The number of rotatable bonds is 7. The molecule has 0 heterocycles. The zero-order chi connectivity index (χ0) is 24.3. The Morgan fingerprint density at radius 1 is 1.03 bits per heavy atom. The van der Waals surface area contributed by atoms with Gasteiger partial charge in [-0.1, -0.05) is 69.3 Å². The predicted octanol–water partition coefficient (Wildman–Crippen LogP) is 4.26. The number of nitrogens with one attached hydrogen (secondary N) is 1. The van der Waals surface area contributed by atoms with E-state index in [0.717, 1.165) is 27.2 Å². The molecule has 1 unspecified atom stereocenters. The molecule has 0 spiro atoms. The van der Waals surface area contributed by atoms with E-state index in [9.17, 15) is 19.5 Å². The summed E-state index contributed by atoms with van der Waals surface area (Å²) < 4.78 is 5.59. The van der Waals surface area contributed by atoms with Gasteiger partial charge in [-0.25, -0.2) is 9.59 Å². The number of carboxylic acids is 1. The lowest BCUT2D eigenvalue weighted by Gasteiger charge is -2.31. The van der Waals surface area contributed by atoms with Crippen LogP contribution in [0.4, 0.5) is 4.79 Å². The Morgan fingerprint density at radius 2 is 1.55 bits per heavy atom. The van der Waals surface area contributed by atoms with Gasteiger partial charge in [-0.3, -0.25) is 4.79 Å². The van der Waals surface area contributed by atoms with E-state index >= 15 is 0 Å². The molecule has 0 fully saturated rings. The average Bonchev–Trinajstić information content (AvgIpc) is 3.08. The van der Waals surface area contributed by atoms with Gasteiger partial charge < -0.3 is 20.1 Å². The molecule has 1 aliphatic rings. The first-order chi connectivity index (χ1) is 15.5. The lowest BCUT2D eigenvalue weighted by atomic mass is 9.87. The SMILES string of the molecule is C[C@@H](C(=O)O)N(C)C(=O)C(CC(C)(C)C)NC(=O)OCC1c2ccccc2-c2ccccc21. The van der Waals surface area contributed by atoms with Crippen molar-refractivity contribution >= 4 is 18.0 Å². The van der Waals surface area contributed by atoms with Crippen LogP contribution in [0.3, 0.4) is 0 Å². The van der Waals surface area contributed by atoms with Crippen molar-refractivity contribution in [3.05, 3.63) is 59.7 Å². The number of hydrogen-bond donors (Lipinski definition) is 2. The van der Waals surface area contributed by atoms with Gasteiger partial charge in [0.15, 0.2) is 0 Å². The first kappa shape index (κ1) is 24.3. The van der Waals surface area contributed by atoms with Crippen molar-refractivity contribution in [1.29, 1.82) is 0 Å². The van der Waals surface area contributed by atoms with E-state index < -0.39 is 30.1 Å². The second-order valence-electron chi connectivity index (χ2n) is 9.75. The van der Waals surface area contributed by atoms with Crippen molar-refractivity contribution in [3.63, 3.8) is 0 Å². The maximum absolute atomic E-state index is 13.0. The molecular formula is C26H32N2O5. The van der Waals surface area contributed by atoms with E-state index in [1.807, 2.05) is 57.2 Å². The van der Waals surface area contributed by atoms with Crippen molar-refractivity contribution in [2.24, 2.45) is 5.41 Å². The minimum Gasteiger partial charge on any atom is -0.480 e. The summed E-state index contributed by atoms with van der Waals surface area (Å²) in [4.78, 5) is 38.2. The number of carbonyl (C=O) groups is 3. The molecule has 1 aliphatic carbocycles. The van der Waals surface area contributed by atoms with Gasteiger partial charge in [-0.2, -0.15) is 0 Å². The zero-order valence-electron chi connectivity index (χ0n) is 19.8. The summed E-state index contributed by atoms with van der Waals surface area (Å²) in [6.45, 7) is 7.42. The number of nitrogens with zero attached hydrogens (tertiary/aromatic N) is 1. The maximum Gasteiger partial charge on any atom is 0.407 e. The molecule has 0 aliphatic heterocycles. The lowest BCUT2D eigenvalue weighted by molar-refractivity contribution is -0.149. The summed E-state index contributed by atoms with van der Waals surface area (Å²) in [6.07, 6.45) is -0.358. The minimum atomic E-state index is -1.11. The maximum atomic E-state index is 13.0. The molecule has 7 nitrogen and oxygen atoms in total. The van der Waals surface area contributed by atoms with E-state index in [-0.39, 0.29) is 17.9 Å². The third kappa shape index (κ3) is 5.53. The minimum absolute atomic E-state index is 0.0883. The number of hydrogen-bond acceptors (Lipinski definition) is 4. The number of amides is 2. The van der Waals surface area contributed by atoms with Crippen LogP contribution in [0.2, 0.25) is 0 Å². The Kier molecular flexibility index (Phi) is 7.10. The van der Waals surface area contributed by atoms with Crippen LogP contribution in [0, 0.1) is 5.41 Å². The smallest absolute Gasteiger partial charge is 0.407 e. The number of likely N-dealkylation sites (N-methyl/N-ethyl adjacent to an activating group) is 1. The molecule has 0 aromatic heterocycles. The van der Waals surface area contributed by atoms with Crippen LogP contribution in [0.25, 0.3) is 11.1 Å². The monoisotopic (exact) mass is 452 g/mol. The van der Waals surface area contributed by atoms with Gasteiger partial charge in [0.1, 0.15) is 18.7 Å². The van der Waals surface area contributed by atoms with Crippen molar-refractivity contribution in [2.45, 2.75) is 52.1 Å². The molecular weight excluding hydrogens is 420 g/mol. The summed E-state index contributed by atoms with van der Waals surface area (Å²) in [6, 6.07) is 14.2. The Balaban J connectivity index is 1.72. The molecule has 3 rings (SSSR count). The number of aliphatic carboxylic acids is 1. The Labute approximate surface area is 194 Å². The number of carbonyl (C=O) groups excluding carboxylic acids is 2. The van der Waals surface area contributed by atoms with Gasteiger partial charge in [0.25, 0.3) is 0 Å². The number of ether oxygens (including phenoxy) is 1. The van der Waals surface area contributed by atoms with Crippen LogP contribution >= 0.6 is 0 Å². The molecule has 0 saturated heterocycles. The summed E-state index contributed by atoms with van der Waals surface area (Å²) in [5, 5.41) is 11.9. The molecule has 2 atom stereocenters. The Morgan fingerprint density at radius 3 is 2.03 bits per heavy atom. The molecule has 0 saturated carbocycles. The largest absolute Gasteiger partial charge is 0.480 e. The van der Waals surface area contributed by atoms with Crippen molar-refractivity contribution in [3.8, 4) is 11.1 Å². The quantitative estimate of drug-likeness (QED) is 0.654. The first-order valence-electron chi connectivity index (χ1n) is 11.1. The summed E-state index contributed by atoms with van der Waals surface area (Å²) in [7, 11) is 1.43. The normalized spacial score (nSPS) is 14.6. The molecule has 2 N–H and O–H groups in total. The van der Waals surface area contributed by atoms with Crippen LogP contribution in [0.5, 0.6) is 0 Å². The molecule has 7 heteroatoms. The van der Waals surface area contributed by atoms with E-state index in [1.54, 1.807) is 0 Å². The van der Waals surface area contributed by atoms with Crippen LogP contribution in [0.15, 0.2) is 48.5 Å². The number of fused-ring (bicyclic) bond motifs is 3. The fourth-order valence-corrected chi connectivity index (χ4v) is 4.20. The Hall–Kier alpha value is -3.35. The number of alkyl carbamates (subject to hydrolysis) is 1. The highest BCUT2D eigenvalue weighted by Gasteiger charge is 2.34. The standard InChI is InChI=1S/C26H32N2O5/c1-16(24(30)31)28(5)23(29)22(14-26(2,3)4)27-25(32)33-15-21-19-12-8-6-10-17(19)18-11-7-9-13-20(18)21/h6-13,16,21-22H,14-15H2,1-5H3,(H,27,32)(H,30,31)/t16-,22?/m0/s1. The molecule has 176 valence electrons. The second kappa shape index (κ2) is 9.65. The summed E-state index contributed by atoms with van der Waals surface area (Å²) >= 11 is 0. The highest BCUT2D eigenvalue weighted by atomic mass is 16.5. The Bertz CT molecular complexity index is 997. The third-order valence-electron chi connectivity index (χ3n) is 6.04. The number of benzene rings is 2. The molecule has 2 amide bonds. The zero-order valence-corrected chi connectivity index (χ0v) is 19.8. The van der Waals surface area contributed by atoms with Gasteiger partial charge in [-0.05, 0) is 41.0 Å². The van der Waals surface area contributed by atoms with Crippen LogP contribution in [-0.4, -0.2) is 53.7 Å². The first-order valence-corrected chi connectivity index (χ1v) is 11.1. The molecule has 0 bridgehead atoms. The predicted molar refractivity (Wildman–Crippen MR) is 126 cm³/mol. The van der Waals surface area contributed by atoms with Crippen molar-refractivity contribution < 1.29 is 24.2 Å². The third-order valence-corrected chi connectivity index (χ3v) is 6.04. The number of carboxylic acid groups (broad SMARTS) is 1.